The molecule has 4 nitrogen and oxygen atoms in total. The van der Waals surface area contributed by atoms with Gasteiger partial charge in [-0.05, 0) is 37.9 Å². The standard InChI is InChI=1S/C13H20N4S2/c1-9-5-3-4-6-12(9)16-13(18)17-14-7-11-8-19-10(2)15-11/h7-9,12H,3-6H2,1-2H3,(H2,16,17,18)/b14-7-/t9-,12-/m0/s1. The fourth-order valence-corrected chi connectivity index (χ4v) is 3.09. The molecule has 0 radical (unpaired) electrons. The summed E-state index contributed by atoms with van der Waals surface area (Å²) in [5.74, 6) is 0.679. The number of aromatic nitrogens is 1. The molecule has 1 aromatic rings. The molecule has 1 fully saturated rings. The lowest BCUT2D eigenvalue weighted by Gasteiger charge is -2.30. The van der Waals surface area contributed by atoms with E-state index in [2.05, 4.69) is 27.8 Å². The first-order valence-electron chi connectivity index (χ1n) is 6.67. The summed E-state index contributed by atoms with van der Waals surface area (Å²) in [6.07, 6.45) is 6.79. The SMILES string of the molecule is Cc1nc(/C=N\NC(=S)N[C@H]2CCCC[C@@H]2C)cs1. The van der Waals surface area contributed by atoms with Gasteiger partial charge in [0.2, 0.25) is 0 Å². The Morgan fingerprint density at radius 1 is 1.53 bits per heavy atom. The second-order valence-electron chi connectivity index (χ2n) is 5.00. The Labute approximate surface area is 123 Å². The predicted molar refractivity (Wildman–Crippen MR) is 84.7 cm³/mol. The predicted octanol–water partition coefficient (Wildman–Crippen LogP) is 2.83. The molecular weight excluding hydrogens is 276 g/mol. The number of rotatable bonds is 3. The summed E-state index contributed by atoms with van der Waals surface area (Å²) in [6.45, 7) is 4.26. The van der Waals surface area contributed by atoms with Crippen LogP contribution in [-0.4, -0.2) is 22.4 Å². The van der Waals surface area contributed by atoms with Crippen LogP contribution in [0.1, 0.15) is 43.3 Å². The van der Waals surface area contributed by atoms with E-state index in [0.717, 1.165) is 10.7 Å². The van der Waals surface area contributed by atoms with Crippen LogP contribution in [-0.2, 0) is 0 Å². The number of hydrogen-bond donors (Lipinski definition) is 2. The number of thiazole rings is 1. The molecule has 2 N–H and O–H groups in total. The number of hydrazone groups is 1. The van der Waals surface area contributed by atoms with Crippen LogP contribution in [0.4, 0.5) is 0 Å². The van der Waals surface area contributed by atoms with Gasteiger partial charge in [-0.3, -0.25) is 5.43 Å². The second-order valence-corrected chi connectivity index (χ2v) is 6.47. The molecule has 1 aliphatic rings. The normalized spacial score (nSPS) is 23.5. The lowest BCUT2D eigenvalue weighted by Crippen LogP contribution is -2.44. The molecule has 0 aliphatic heterocycles. The number of aryl methyl sites for hydroxylation is 1. The summed E-state index contributed by atoms with van der Waals surface area (Å²) in [6, 6.07) is 0.477. The van der Waals surface area contributed by atoms with E-state index < -0.39 is 0 Å². The summed E-state index contributed by atoms with van der Waals surface area (Å²) in [7, 11) is 0. The smallest absolute Gasteiger partial charge is 0.187 e. The fraction of sp³-hybridized carbons (Fsp3) is 0.615. The lowest BCUT2D eigenvalue weighted by molar-refractivity contribution is 0.308. The molecule has 0 saturated heterocycles. The van der Waals surface area contributed by atoms with Crippen LogP contribution in [0, 0.1) is 12.8 Å². The Morgan fingerprint density at radius 2 is 2.32 bits per heavy atom. The van der Waals surface area contributed by atoms with E-state index in [1.165, 1.54) is 25.7 Å². The molecule has 104 valence electrons. The van der Waals surface area contributed by atoms with Crippen molar-refractivity contribution in [2.24, 2.45) is 11.0 Å². The quantitative estimate of drug-likeness (QED) is 0.511. The topological polar surface area (TPSA) is 49.3 Å². The Morgan fingerprint density at radius 3 is 3.00 bits per heavy atom. The summed E-state index contributed by atoms with van der Waals surface area (Å²) in [5, 5.41) is 11.1. The van der Waals surface area contributed by atoms with Gasteiger partial charge in [0.25, 0.3) is 0 Å². The number of nitrogens with one attached hydrogen (secondary N) is 2. The van der Waals surface area contributed by atoms with Gasteiger partial charge in [0.15, 0.2) is 5.11 Å². The van der Waals surface area contributed by atoms with Crippen LogP contribution in [0.5, 0.6) is 0 Å². The van der Waals surface area contributed by atoms with Crippen LogP contribution < -0.4 is 10.7 Å². The molecule has 0 amide bonds. The first-order valence-corrected chi connectivity index (χ1v) is 7.95. The van der Waals surface area contributed by atoms with E-state index >= 15 is 0 Å². The lowest BCUT2D eigenvalue weighted by atomic mass is 9.86. The third kappa shape index (κ3) is 4.54. The van der Waals surface area contributed by atoms with Crippen molar-refractivity contribution >= 4 is 34.9 Å². The molecule has 6 heteroatoms. The molecule has 19 heavy (non-hydrogen) atoms. The summed E-state index contributed by atoms with van der Waals surface area (Å²) in [4.78, 5) is 4.30. The molecule has 2 atom stereocenters. The first-order chi connectivity index (χ1) is 9.15. The molecule has 0 aromatic carbocycles. The monoisotopic (exact) mass is 296 g/mol. The van der Waals surface area contributed by atoms with Gasteiger partial charge in [0.1, 0.15) is 0 Å². The van der Waals surface area contributed by atoms with Crippen LogP contribution >= 0.6 is 23.6 Å². The van der Waals surface area contributed by atoms with Gasteiger partial charge >= 0.3 is 0 Å². The molecule has 1 aliphatic carbocycles. The Bertz CT molecular complexity index is 455. The van der Waals surface area contributed by atoms with Crippen molar-refractivity contribution in [1.29, 1.82) is 0 Å². The van der Waals surface area contributed by atoms with Crippen LogP contribution in [0.25, 0.3) is 0 Å². The van der Waals surface area contributed by atoms with Gasteiger partial charge < -0.3 is 5.32 Å². The highest BCUT2D eigenvalue weighted by Crippen LogP contribution is 2.23. The van der Waals surface area contributed by atoms with E-state index in [9.17, 15) is 0 Å². The summed E-state index contributed by atoms with van der Waals surface area (Å²) in [5.41, 5.74) is 3.73. The van der Waals surface area contributed by atoms with Crippen LogP contribution in [0.2, 0.25) is 0 Å². The van der Waals surface area contributed by atoms with Crippen molar-refractivity contribution in [3.63, 3.8) is 0 Å². The molecule has 2 rings (SSSR count). The van der Waals surface area contributed by atoms with E-state index in [0.29, 0.717) is 17.1 Å². The maximum absolute atomic E-state index is 5.25. The first kappa shape index (κ1) is 14.4. The molecule has 1 heterocycles. The second kappa shape index (κ2) is 6.96. The molecule has 1 aromatic heterocycles. The van der Waals surface area contributed by atoms with Crippen molar-refractivity contribution < 1.29 is 0 Å². The largest absolute Gasteiger partial charge is 0.358 e. The van der Waals surface area contributed by atoms with Crippen molar-refractivity contribution in [3.05, 3.63) is 16.1 Å². The van der Waals surface area contributed by atoms with Gasteiger partial charge in [-0.1, -0.05) is 19.8 Å². The molecule has 0 bridgehead atoms. The van der Waals surface area contributed by atoms with E-state index in [4.69, 9.17) is 12.2 Å². The van der Waals surface area contributed by atoms with Crippen LogP contribution in [0.15, 0.2) is 10.5 Å². The highest BCUT2D eigenvalue weighted by Gasteiger charge is 2.21. The van der Waals surface area contributed by atoms with Crippen molar-refractivity contribution in [3.8, 4) is 0 Å². The average molecular weight is 296 g/mol. The summed E-state index contributed by atoms with van der Waals surface area (Å²) < 4.78 is 0. The minimum Gasteiger partial charge on any atom is -0.358 e. The maximum atomic E-state index is 5.25. The van der Waals surface area contributed by atoms with Gasteiger partial charge in [-0.15, -0.1) is 11.3 Å². The highest BCUT2D eigenvalue weighted by atomic mass is 32.1. The molecule has 0 unspecified atom stereocenters. The van der Waals surface area contributed by atoms with Crippen molar-refractivity contribution in [2.75, 3.05) is 0 Å². The van der Waals surface area contributed by atoms with Gasteiger partial charge in [-0.2, -0.15) is 5.10 Å². The van der Waals surface area contributed by atoms with E-state index in [1.54, 1.807) is 17.6 Å². The minimum absolute atomic E-state index is 0.477. The van der Waals surface area contributed by atoms with Crippen LogP contribution in [0.3, 0.4) is 0 Å². The molecule has 1 saturated carbocycles. The molecule has 0 spiro atoms. The number of hydrogen-bond acceptors (Lipinski definition) is 4. The zero-order chi connectivity index (χ0) is 13.7. The van der Waals surface area contributed by atoms with E-state index in [-0.39, 0.29) is 0 Å². The fourth-order valence-electron chi connectivity index (χ4n) is 2.33. The average Bonchev–Trinajstić information content (AvgIpc) is 2.78. The van der Waals surface area contributed by atoms with Crippen molar-refractivity contribution in [2.45, 2.75) is 45.6 Å². The zero-order valence-corrected chi connectivity index (χ0v) is 13.0. The Hall–Kier alpha value is -1.01. The Balaban J connectivity index is 1.76. The Kier molecular flexibility index (Phi) is 5.27. The number of thiocarbonyl (C=S) groups is 1. The highest BCUT2D eigenvalue weighted by molar-refractivity contribution is 7.80. The third-order valence-corrected chi connectivity index (χ3v) is 4.43. The van der Waals surface area contributed by atoms with E-state index in [1.807, 2.05) is 12.3 Å². The zero-order valence-electron chi connectivity index (χ0n) is 11.3. The number of nitrogens with zero attached hydrogens (tertiary/aromatic N) is 2. The maximum Gasteiger partial charge on any atom is 0.187 e. The van der Waals surface area contributed by atoms with Gasteiger partial charge in [0, 0.05) is 11.4 Å². The minimum atomic E-state index is 0.477. The third-order valence-electron chi connectivity index (χ3n) is 3.43. The summed E-state index contributed by atoms with van der Waals surface area (Å²) >= 11 is 6.87. The van der Waals surface area contributed by atoms with Crippen molar-refractivity contribution in [1.82, 2.24) is 15.7 Å². The van der Waals surface area contributed by atoms with Gasteiger partial charge in [-0.25, -0.2) is 4.98 Å². The van der Waals surface area contributed by atoms with Gasteiger partial charge in [0.05, 0.1) is 16.9 Å². The molecular formula is C13H20N4S2.